The molecule has 0 aliphatic carbocycles. The first kappa shape index (κ1) is 22.0. The van der Waals surface area contributed by atoms with Gasteiger partial charge in [0.1, 0.15) is 11.3 Å². The summed E-state index contributed by atoms with van der Waals surface area (Å²) in [5, 5.41) is 13.6. The second kappa shape index (κ2) is 9.54. The first-order chi connectivity index (χ1) is 15.4. The molecule has 2 N–H and O–H groups in total. The van der Waals surface area contributed by atoms with Gasteiger partial charge in [-0.2, -0.15) is 0 Å². The summed E-state index contributed by atoms with van der Waals surface area (Å²) in [5.41, 5.74) is 1.21. The van der Waals surface area contributed by atoms with Crippen LogP contribution in [0, 0.1) is 5.92 Å². The monoisotopic (exact) mass is 455 g/mol. The Balaban J connectivity index is 1.49. The van der Waals surface area contributed by atoms with Gasteiger partial charge in [-0.25, -0.2) is 4.79 Å². The van der Waals surface area contributed by atoms with Crippen LogP contribution in [0.15, 0.2) is 57.7 Å². The fraction of sp³-hybridized carbons (Fsp3) is 0.292. The van der Waals surface area contributed by atoms with Crippen LogP contribution in [0.3, 0.4) is 0 Å². The maximum Gasteiger partial charge on any atom is 0.336 e. The van der Waals surface area contributed by atoms with Gasteiger partial charge in [-0.3, -0.25) is 9.59 Å². The SMILES string of the molecule is O=C(CCOc1ccc2c(-c3ccccc3Cl)cc(=O)oc2c1)C1NCCC[C@H]1C(=O)O. The van der Waals surface area contributed by atoms with Crippen molar-refractivity contribution >= 4 is 34.3 Å². The second-order valence-electron chi connectivity index (χ2n) is 7.70. The Morgan fingerprint density at radius 2 is 1.97 bits per heavy atom. The molecule has 1 aliphatic rings. The lowest BCUT2D eigenvalue weighted by Crippen LogP contribution is -2.49. The van der Waals surface area contributed by atoms with E-state index < -0.39 is 23.6 Å². The lowest BCUT2D eigenvalue weighted by Gasteiger charge is -2.28. The van der Waals surface area contributed by atoms with Gasteiger partial charge in [-0.05, 0) is 37.6 Å². The molecule has 166 valence electrons. The maximum absolute atomic E-state index is 12.5. The third-order valence-electron chi connectivity index (χ3n) is 5.62. The van der Waals surface area contributed by atoms with Crippen molar-refractivity contribution in [3.05, 3.63) is 64.0 Å². The van der Waals surface area contributed by atoms with E-state index in [1.807, 2.05) is 18.2 Å². The maximum atomic E-state index is 12.5. The Kier molecular flexibility index (Phi) is 6.58. The van der Waals surface area contributed by atoms with Crippen molar-refractivity contribution in [2.45, 2.75) is 25.3 Å². The van der Waals surface area contributed by atoms with E-state index in [-0.39, 0.29) is 18.8 Å². The van der Waals surface area contributed by atoms with Gasteiger partial charge in [0.2, 0.25) is 0 Å². The van der Waals surface area contributed by atoms with E-state index in [0.29, 0.717) is 40.3 Å². The molecule has 32 heavy (non-hydrogen) atoms. The average molecular weight is 456 g/mol. The summed E-state index contributed by atoms with van der Waals surface area (Å²) in [6.07, 6.45) is 1.29. The molecule has 1 aromatic heterocycles. The van der Waals surface area contributed by atoms with Crippen LogP contribution in [0.5, 0.6) is 5.75 Å². The van der Waals surface area contributed by atoms with Crippen LogP contribution in [0.25, 0.3) is 22.1 Å². The fourth-order valence-corrected chi connectivity index (χ4v) is 4.29. The van der Waals surface area contributed by atoms with Crippen molar-refractivity contribution in [1.29, 1.82) is 0 Å². The average Bonchev–Trinajstić information content (AvgIpc) is 2.78. The van der Waals surface area contributed by atoms with Gasteiger partial charge in [-0.1, -0.05) is 29.8 Å². The van der Waals surface area contributed by atoms with Gasteiger partial charge < -0.3 is 19.6 Å². The first-order valence-electron chi connectivity index (χ1n) is 10.4. The Morgan fingerprint density at radius 1 is 1.16 bits per heavy atom. The second-order valence-corrected chi connectivity index (χ2v) is 8.11. The standard InChI is InChI=1S/C24H22ClNO6/c25-19-6-2-1-4-15(19)18-13-22(28)32-21-12-14(7-8-16(18)21)31-11-9-20(27)23-17(24(29)30)5-3-10-26-23/h1-2,4,6-8,12-13,17,23,26H,3,5,9-11H2,(H,29,30)/t17-,23?/m1/s1. The minimum absolute atomic E-state index is 0.0725. The third kappa shape index (κ3) is 4.69. The predicted octanol–water partition coefficient (Wildman–Crippen LogP) is 3.90. The molecule has 0 radical (unpaired) electrons. The van der Waals surface area contributed by atoms with Gasteiger partial charge in [0.25, 0.3) is 0 Å². The van der Waals surface area contributed by atoms with Gasteiger partial charge in [0.05, 0.1) is 18.6 Å². The van der Waals surface area contributed by atoms with Crippen LogP contribution in [-0.2, 0) is 9.59 Å². The van der Waals surface area contributed by atoms with E-state index in [9.17, 15) is 19.5 Å². The molecular formula is C24H22ClNO6. The molecule has 1 aliphatic heterocycles. The molecule has 7 nitrogen and oxygen atoms in total. The topological polar surface area (TPSA) is 106 Å². The lowest BCUT2D eigenvalue weighted by atomic mass is 9.87. The van der Waals surface area contributed by atoms with Crippen LogP contribution >= 0.6 is 11.6 Å². The number of benzene rings is 2. The number of carboxylic acids is 1. The Morgan fingerprint density at radius 3 is 2.75 bits per heavy atom. The molecule has 2 heterocycles. The zero-order chi connectivity index (χ0) is 22.7. The highest BCUT2D eigenvalue weighted by atomic mass is 35.5. The van der Waals surface area contributed by atoms with Crippen LogP contribution < -0.4 is 15.7 Å². The fourth-order valence-electron chi connectivity index (χ4n) is 4.05. The highest BCUT2D eigenvalue weighted by Gasteiger charge is 2.35. The number of halogens is 1. The molecular weight excluding hydrogens is 434 g/mol. The zero-order valence-electron chi connectivity index (χ0n) is 17.2. The van der Waals surface area contributed by atoms with Crippen molar-refractivity contribution < 1.29 is 23.8 Å². The van der Waals surface area contributed by atoms with Gasteiger partial charge in [-0.15, -0.1) is 0 Å². The Bertz CT molecular complexity index is 1220. The number of rotatable bonds is 7. The molecule has 0 spiro atoms. The molecule has 0 saturated carbocycles. The number of hydrogen-bond donors (Lipinski definition) is 2. The van der Waals surface area contributed by atoms with Crippen LogP contribution in [-0.4, -0.2) is 36.1 Å². The van der Waals surface area contributed by atoms with Crippen molar-refractivity contribution in [3.8, 4) is 16.9 Å². The van der Waals surface area contributed by atoms with E-state index in [1.165, 1.54) is 6.07 Å². The van der Waals surface area contributed by atoms with Crippen molar-refractivity contribution in [2.75, 3.05) is 13.2 Å². The van der Waals surface area contributed by atoms with Gasteiger partial charge >= 0.3 is 11.6 Å². The quantitative estimate of drug-likeness (QED) is 0.520. The molecule has 4 rings (SSSR count). The molecule has 8 heteroatoms. The largest absolute Gasteiger partial charge is 0.493 e. The number of ketones is 1. The number of aliphatic carboxylic acids is 1. The number of nitrogens with one attached hydrogen (secondary N) is 1. The number of carboxylic acid groups (broad SMARTS) is 1. The molecule has 0 bridgehead atoms. The number of fused-ring (bicyclic) bond motifs is 1. The number of carbonyl (C=O) groups is 2. The Labute approximate surface area is 188 Å². The number of hydrogen-bond acceptors (Lipinski definition) is 6. The normalized spacial score (nSPS) is 18.4. The highest BCUT2D eigenvalue weighted by Crippen LogP contribution is 2.33. The molecule has 0 amide bonds. The van der Waals surface area contributed by atoms with Crippen LogP contribution in [0.2, 0.25) is 5.02 Å². The zero-order valence-corrected chi connectivity index (χ0v) is 17.9. The minimum atomic E-state index is -0.963. The summed E-state index contributed by atoms with van der Waals surface area (Å²) >= 11 is 6.30. The molecule has 2 atom stereocenters. The van der Waals surface area contributed by atoms with E-state index in [1.54, 1.807) is 24.3 Å². The van der Waals surface area contributed by atoms with Crippen molar-refractivity contribution in [1.82, 2.24) is 5.32 Å². The number of carbonyl (C=O) groups excluding carboxylic acids is 1. The number of piperidine rings is 1. The predicted molar refractivity (Wildman–Crippen MR) is 120 cm³/mol. The number of Topliss-reactive ketones (excluding diaryl/α,β-unsaturated/α-hetero) is 1. The van der Waals surface area contributed by atoms with E-state index >= 15 is 0 Å². The van der Waals surface area contributed by atoms with Crippen molar-refractivity contribution in [3.63, 3.8) is 0 Å². The summed E-state index contributed by atoms with van der Waals surface area (Å²) in [4.78, 5) is 36.0. The van der Waals surface area contributed by atoms with E-state index in [0.717, 1.165) is 12.0 Å². The molecule has 3 aromatic rings. The van der Waals surface area contributed by atoms with E-state index in [2.05, 4.69) is 5.32 Å². The molecule has 1 unspecified atom stereocenters. The highest BCUT2D eigenvalue weighted by molar-refractivity contribution is 6.33. The van der Waals surface area contributed by atoms with Crippen LogP contribution in [0.1, 0.15) is 19.3 Å². The minimum Gasteiger partial charge on any atom is -0.493 e. The molecule has 1 saturated heterocycles. The summed E-state index contributed by atoms with van der Waals surface area (Å²) in [6, 6.07) is 13.0. The van der Waals surface area contributed by atoms with Gasteiger partial charge in [0, 0.05) is 40.1 Å². The first-order valence-corrected chi connectivity index (χ1v) is 10.8. The molecule has 2 aromatic carbocycles. The summed E-state index contributed by atoms with van der Waals surface area (Å²) < 4.78 is 11.0. The summed E-state index contributed by atoms with van der Waals surface area (Å²) in [7, 11) is 0. The summed E-state index contributed by atoms with van der Waals surface area (Å²) in [6.45, 7) is 0.710. The van der Waals surface area contributed by atoms with Crippen LogP contribution in [0.4, 0.5) is 0 Å². The van der Waals surface area contributed by atoms with Crippen molar-refractivity contribution in [2.24, 2.45) is 5.92 Å². The van der Waals surface area contributed by atoms with E-state index in [4.69, 9.17) is 20.8 Å². The third-order valence-corrected chi connectivity index (χ3v) is 5.95. The smallest absolute Gasteiger partial charge is 0.336 e. The number of ether oxygens (including phenoxy) is 1. The summed E-state index contributed by atoms with van der Waals surface area (Å²) in [5.74, 6) is -1.42. The van der Waals surface area contributed by atoms with Gasteiger partial charge in [0.15, 0.2) is 5.78 Å². The Hall–Kier alpha value is -3.16. The molecule has 1 fully saturated rings. The lowest BCUT2D eigenvalue weighted by molar-refractivity contribution is -0.146.